The highest BCUT2D eigenvalue weighted by Crippen LogP contribution is 2.25. The van der Waals surface area contributed by atoms with Gasteiger partial charge in [-0.15, -0.1) is 0 Å². The minimum Gasteiger partial charge on any atom is -0.455 e. The van der Waals surface area contributed by atoms with Crippen molar-refractivity contribution in [3.05, 3.63) is 53.9 Å². The summed E-state index contributed by atoms with van der Waals surface area (Å²) in [4.78, 5) is 3.88. The molecule has 1 heterocycles. The molecule has 0 aliphatic heterocycles. The summed E-state index contributed by atoms with van der Waals surface area (Å²) in [6.45, 7) is 0.279. The van der Waals surface area contributed by atoms with Crippen molar-refractivity contribution in [3.8, 4) is 11.5 Å². The Hall–Kier alpha value is -2.01. The molecule has 0 spiro atoms. The summed E-state index contributed by atoms with van der Waals surface area (Å²) in [7, 11) is 0. The van der Waals surface area contributed by atoms with Gasteiger partial charge in [0.2, 0.25) is 0 Å². The highest BCUT2D eigenvalue weighted by Gasteiger charge is 2.06. The highest BCUT2D eigenvalue weighted by atomic mass is 19.2. The van der Waals surface area contributed by atoms with Gasteiger partial charge in [-0.2, -0.15) is 0 Å². The largest absolute Gasteiger partial charge is 0.455 e. The molecule has 0 radical (unpaired) electrons. The molecule has 1 aromatic heterocycles. The van der Waals surface area contributed by atoms with Gasteiger partial charge in [0.05, 0.1) is 6.20 Å². The van der Waals surface area contributed by atoms with E-state index in [0.717, 1.165) is 17.7 Å². The first-order valence-electron chi connectivity index (χ1n) is 4.96. The Morgan fingerprint density at radius 1 is 1.18 bits per heavy atom. The van der Waals surface area contributed by atoms with Crippen LogP contribution in [0.5, 0.6) is 11.5 Å². The summed E-state index contributed by atoms with van der Waals surface area (Å²) < 4.78 is 31.1. The third-order valence-corrected chi connectivity index (χ3v) is 2.21. The van der Waals surface area contributed by atoms with Crippen LogP contribution in [0.3, 0.4) is 0 Å². The monoisotopic (exact) mass is 236 g/mol. The summed E-state index contributed by atoms with van der Waals surface area (Å²) in [6.07, 6.45) is 3.06. The number of benzene rings is 1. The van der Waals surface area contributed by atoms with E-state index in [1.807, 2.05) is 0 Å². The van der Waals surface area contributed by atoms with Gasteiger partial charge in [-0.05, 0) is 18.2 Å². The van der Waals surface area contributed by atoms with Crippen molar-refractivity contribution in [2.45, 2.75) is 6.54 Å². The van der Waals surface area contributed by atoms with Gasteiger partial charge in [0.15, 0.2) is 11.6 Å². The molecule has 0 amide bonds. The lowest BCUT2D eigenvalue weighted by atomic mass is 10.2. The van der Waals surface area contributed by atoms with Gasteiger partial charge in [0, 0.05) is 24.4 Å². The fourth-order valence-corrected chi connectivity index (χ4v) is 1.34. The van der Waals surface area contributed by atoms with E-state index in [1.54, 1.807) is 12.3 Å². The number of nitrogens with zero attached hydrogens (tertiary/aromatic N) is 1. The number of hydrogen-bond donors (Lipinski definition) is 1. The Bertz CT molecular complexity index is 532. The molecule has 0 aliphatic carbocycles. The second-order valence-electron chi connectivity index (χ2n) is 3.37. The average molecular weight is 236 g/mol. The number of aromatic nitrogens is 1. The minimum absolute atomic E-state index is 0.201. The van der Waals surface area contributed by atoms with Crippen molar-refractivity contribution >= 4 is 0 Å². The second kappa shape index (κ2) is 4.88. The first-order valence-corrected chi connectivity index (χ1v) is 4.96. The SMILES string of the molecule is NCc1ccncc1Oc1ccc(F)c(F)c1. The van der Waals surface area contributed by atoms with Crippen molar-refractivity contribution in [2.24, 2.45) is 5.73 Å². The maximum atomic E-state index is 13.0. The minimum atomic E-state index is -0.958. The van der Waals surface area contributed by atoms with Crippen LogP contribution in [0.2, 0.25) is 0 Å². The zero-order valence-electron chi connectivity index (χ0n) is 8.86. The normalized spacial score (nSPS) is 10.3. The van der Waals surface area contributed by atoms with Crippen LogP contribution in [0.1, 0.15) is 5.56 Å². The Morgan fingerprint density at radius 3 is 2.71 bits per heavy atom. The zero-order chi connectivity index (χ0) is 12.3. The molecule has 0 aliphatic rings. The van der Waals surface area contributed by atoms with Crippen molar-refractivity contribution in [1.82, 2.24) is 4.98 Å². The van der Waals surface area contributed by atoms with Crippen LogP contribution in [-0.4, -0.2) is 4.98 Å². The molecule has 0 saturated heterocycles. The van der Waals surface area contributed by atoms with E-state index in [4.69, 9.17) is 10.5 Å². The molecule has 17 heavy (non-hydrogen) atoms. The van der Waals surface area contributed by atoms with Crippen LogP contribution < -0.4 is 10.5 Å². The quantitative estimate of drug-likeness (QED) is 0.891. The van der Waals surface area contributed by atoms with Crippen LogP contribution >= 0.6 is 0 Å². The van der Waals surface area contributed by atoms with Gasteiger partial charge >= 0.3 is 0 Å². The molecule has 2 N–H and O–H groups in total. The molecular formula is C12H10F2N2O. The summed E-state index contributed by atoms with van der Waals surface area (Å²) in [6, 6.07) is 5.02. The predicted molar refractivity (Wildman–Crippen MR) is 58.6 cm³/mol. The Kier molecular flexibility index (Phi) is 3.30. The van der Waals surface area contributed by atoms with Gasteiger partial charge in [0.1, 0.15) is 11.5 Å². The van der Waals surface area contributed by atoms with Gasteiger partial charge in [-0.3, -0.25) is 4.98 Å². The molecule has 0 bridgehead atoms. The van der Waals surface area contributed by atoms with E-state index in [2.05, 4.69) is 4.98 Å². The lowest BCUT2D eigenvalue weighted by Crippen LogP contribution is -2.00. The molecule has 1 aromatic carbocycles. The smallest absolute Gasteiger partial charge is 0.162 e. The van der Waals surface area contributed by atoms with E-state index in [0.29, 0.717) is 5.75 Å². The fourth-order valence-electron chi connectivity index (χ4n) is 1.34. The molecule has 0 fully saturated rings. The summed E-state index contributed by atoms with van der Waals surface area (Å²) in [5.41, 5.74) is 6.26. The van der Waals surface area contributed by atoms with Gasteiger partial charge < -0.3 is 10.5 Å². The molecule has 0 unspecified atom stereocenters. The Balaban J connectivity index is 2.28. The van der Waals surface area contributed by atoms with E-state index >= 15 is 0 Å². The Labute approximate surface area is 96.9 Å². The second-order valence-corrected chi connectivity index (χ2v) is 3.37. The number of ether oxygens (including phenoxy) is 1. The van der Waals surface area contributed by atoms with E-state index in [9.17, 15) is 8.78 Å². The number of rotatable bonds is 3. The third-order valence-electron chi connectivity index (χ3n) is 2.21. The van der Waals surface area contributed by atoms with Crippen LogP contribution in [0, 0.1) is 11.6 Å². The topological polar surface area (TPSA) is 48.1 Å². The maximum absolute atomic E-state index is 13.0. The standard InChI is InChI=1S/C12H10F2N2O/c13-10-2-1-9(5-11(10)14)17-12-7-16-4-3-8(12)6-15/h1-5,7H,6,15H2. The number of pyridine rings is 1. The van der Waals surface area contributed by atoms with E-state index in [-0.39, 0.29) is 12.3 Å². The summed E-state index contributed by atoms with van der Waals surface area (Å²) in [5.74, 6) is -1.24. The van der Waals surface area contributed by atoms with E-state index < -0.39 is 11.6 Å². The lowest BCUT2D eigenvalue weighted by Gasteiger charge is -2.09. The molecule has 0 saturated carbocycles. The molecule has 3 nitrogen and oxygen atoms in total. The van der Waals surface area contributed by atoms with Crippen LogP contribution in [-0.2, 0) is 6.54 Å². The van der Waals surface area contributed by atoms with Crippen molar-refractivity contribution in [1.29, 1.82) is 0 Å². The zero-order valence-corrected chi connectivity index (χ0v) is 8.86. The molecule has 88 valence electrons. The molecule has 5 heteroatoms. The van der Waals surface area contributed by atoms with E-state index in [1.165, 1.54) is 12.3 Å². The predicted octanol–water partition coefficient (Wildman–Crippen LogP) is 2.61. The molecule has 2 rings (SSSR count). The Morgan fingerprint density at radius 2 is 2.00 bits per heavy atom. The van der Waals surface area contributed by atoms with Crippen LogP contribution in [0.15, 0.2) is 36.7 Å². The summed E-state index contributed by atoms with van der Waals surface area (Å²) in [5, 5.41) is 0. The van der Waals surface area contributed by atoms with Gasteiger partial charge in [0.25, 0.3) is 0 Å². The number of hydrogen-bond acceptors (Lipinski definition) is 3. The first kappa shape index (κ1) is 11.5. The maximum Gasteiger partial charge on any atom is 0.162 e. The van der Waals surface area contributed by atoms with Crippen molar-refractivity contribution in [2.75, 3.05) is 0 Å². The molecular weight excluding hydrogens is 226 g/mol. The molecule has 0 atom stereocenters. The molecule has 2 aromatic rings. The highest BCUT2D eigenvalue weighted by molar-refractivity contribution is 5.35. The van der Waals surface area contributed by atoms with Gasteiger partial charge in [-0.25, -0.2) is 8.78 Å². The lowest BCUT2D eigenvalue weighted by molar-refractivity contribution is 0.456. The fraction of sp³-hybridized carbons (Fsp3) is 0.0833. The number of nitrogens with two attached hydrogens (primary N) is 1. The van der Waals surface area contributed by atoms with Crippen molar-refractivity contribution < 1.29 is 13.5 Å². The van der Waals surface area contributed by atoms with Crippen LogP contribution in [0.25, 0.3) is 0 Å². The van der Waals surface area contributed by atoms with Gasteiger partial charge in [-0.1, -0.05) is 0 Å². The average Bonchev–Trinajstić information content (AvgIpc) is 2.34. The van der Waals surface area contributed by atoms with Crippen LogP contribution in [0.4, 0.5) is 8.78 Å². The van der Waals surface area contributed by atoms with Crippen molar-refractivity contribution in [3.63, 3.8) is 0 Å². The number of halogens is 2. The third kappa shape index (κ3) is 2.57. The first-order chi connectivity index (χ1) is 8.20. The summed E-state index contributed by atoms with van der Waals surface area (Å²) >= 11 is 0.